The van der Waals surface area contributed by atoms with E-state index in [4.69, 9.17) is 0 Å². The van der Waals surface area contributed by atoms with E-state index in [1.54, 1.807) is 28.7 Å². The molecule has 108 valence electrons. The van der Waals surface area contributed by atoms with Crippen LogP contribution in [0.4, 0.5) is 0 Å². The van der Waals surface area contributed by atoms with Crippen LogP contribution in [0.3, 0.4) is 0 Å². The minimum absolute atomic E-state index is 0.108. The molecule has 7 heteroatoms. The van der Waals surface area contributed by atoms with Gasteiger partial charge in [-0.1, -0.05) is 15.9 Å². The highest BCUT2D eigenvalue weighted by Crippen LogP contribution is 2.29. The fraction of sp³-hybridized carbons (Fsp3) is 0.462. The van der Waals surface area contributed by atoms with Crippen molar-refractivity contribution in [1.82, 2.24) is 14.5 Å². The van der Waals surface area contributed by atoms with E-state index in [-0.39, 0.29) is 6.04 Å². The maximum atomic E-state index is 12.8. The van der Waals surface area contributed by atoms with Crippen LogP contribution in [0.2, 0.25) is 0 Å². The van der Waals surface area contributed by atoms with E-state index in [0.29, 0.717) is 11.4 Å². The highest BCUT2D eigenvalue weighted by atomic mass is 79.9. The van der Waals surface area contributed by atoms with Crippen LogP contribution in [0.15, 0.2) is 29.3 Å². The molecular formula is C13H16BrN3O2S. The second-order valence-electron chi connectivity index (χ2n) is 5.01. The zero-order valence-electron chi connectivity index (χ0n) is 10.9. The number of alkyl halides is 1. The normalized spacial score (nSPS) is 20.8. The summed E-state index contributed by atoms with van der Waals surface area (Å²) in [6, 6.07) is 5.23. The summed E-state index contributed by atoms with van der Waals surface area (Å²) in [7, 11) is -3.41. The Morgan fingerprint density at radius 1 is 1.45 bits per heavy atom. The number of rotatable bonds is 4. The Morgan fingerprint density at radius 3 is 3.10 bits per heavy atom. The minimum Gasteiger partial charge on any atom is -0.278 e. The van der Waals surface area contributed by atoms with Gasteiger partial charge in [-0.25, -0.2) is 8.42 Å². The first kappa shape index (κ1) is 14.0. The molecule has 0 aliphatic carbocycles. The zero-order valence-corrected chi connectivity index (χ0v) is 13.3. The quantitative estimate of drug-likeness (QED) is 0.854. The van der Waals surface area contributed by atoms with Gasteiger partial charge in [0.25, 0.3) is 0 Å². The number of hydrogen-bond donors (Lipinski definition) is 1. The van der Waals surface area contributed by atoms with Crippen molar-refractivity contribution in [2.45, 2.75) is 30.2 Å². The monoisotopic (exact) mass is 357 g/mol. The summed E-state index contributed by atoms with van der Waals surface area (Å²) in [5.74, 6) is 0. The van der Waals surface area contributed by atoms with Gasteiger partial charge >= 0.3 is 0 Å². The first-order valence-corrected chi connectivity index (χ1v) is 9.20. The molecule has 3 rings (SSSR count). The molecule has 2 aromatic rings. The lowest BCUT2D eigenvalue weighted by Crippen LogP contribution is -2.35. The lowest BCUT2D eigenvalue weighted by Gasteiger charge is -2.23. The van der Waals surface area contributed by atoms with Crippen LogP contribution in [0.5, 0.6) is 0 Å². The van der Waals surface area contributed by atoms with Gasteiger partial charge in [-0.15, -0.1) is 0 Å². The minimum atomic E-state index is -3.41. The number of fused-ring (bicyclic) bond motifs is 1. The number of H-pyrrole nitrogens is 1. The SMILES string of the molecule is O=S(=O)(c1ccc2cn[nH]c2c1)N1CCCC1CCBr. The van der Waals surface area contributed by atoms with Crippen LogP contribution in [0.25, 0.3) is 10.9 Å². The summed E-state index contributed by atoms with van der Waals surface area (Å²) in [4.78, 5) is 0.343. The van der Waals surface area contributed by atoms with E-state index >= 15 is 0 Å². The molecule has 0 amide bonds. The first-order chi connectivity index (χ1) is 9.63. The van der Waals surface area contributed by atoms with Crippen LogP contribution >= 0.6 is 15.9 Å². The van der Waals surface area contributed by atoms with E-state index in [1.807, 2.05) is 0 Å². The Hall–Kier alpha value is -0.920. The number of hydrogen-bond acceptors (Lipinski definition) is 3. The van der Waals surface area contributed by atoms with Gasteiger partial charge < -0.3 is 0 Å². The van der Waals surface area contributed by atoms with Gasteiger partial charge in [-0.05, 0) is 37.5 Å². The van der Waals surface area contributed by atoms with Crippen molar-refractivity contribution in [2.75, 3.05) is 11.9 Å². The second-order valence-corrected chi connectivity index (χ2v) is 7.69. The molecule has 2 heterocycles. The Kier molecular flexibility index (Phi) is 3.83. The standard InChI is InChI=1S/C13H16BrN3O2S/c14-6-5-11-2-1-7-17(11)20(18,19)12-4-3-10-9-15-16-13(10)8-12/h3-4,8-9,11H,1-2,5-7H2,(H,15,16). The van der Waals surface area contributed by atoms with Crippen LogP contribution in [-0.4, -0.2) is 40.8 Å². The maximum Gasteiger partial charge on any atom is 0.243 e. The molecule has 0 bridgehead atoms. The third kappa shape index (κ3) is 2.38. The fourth-order valence-corrected chi connectivity index (χ4v) is 5.03. The molecule has 1 saturated heterocycles. The van der Waals surface area contributed by atoms with Crippen LogP contribution in [0.1, 0.15) is 19.3 Å². The number of benzene rings is 1. The summed E-state index contributed by atoms with van der Waals surface area (Å²) < 4.78 is 27.2. The van der Waals surface area contributed by atoms with Gasteiger partial charge in [0.05, 0.1) is 16.6 Å². The molecule has 1 N–H and O–H groups in total. The predicted molar refractivity (Wildman–Crippen MR) is 81.4 cm³/mol. The molecule has 1 fully saturated rings. The lowest BCUT2D eigenvalue weighted by atomic mass is 10.2. The molecule has 1 aromatic heterocycles. The van der Waals surface area contributed by atoms with Gasteiger partial charge in [0, 0.05) is 23.3 Å². The smallest absolute Gasteiger partial charge is 0.243 e. The Labute approximate surface area is 126 Å². The van der Waals surface area contributed by atoms with E-state index in [2.05, 4.69) is 26.1 Å². The largest absolute Gasteiger partial charge is 0.278 e. The number of sulfonamides is 1. The summed E-state index contributed by atoms with van der Waals surface area (Å²) in [6.07, 6.45) is 4.42. The molecule has 5 nitrogen and oxygen atoms in total. The van der Waals surface area contributed by atoms with Crippen LogP contribution in [0, 0.1) is 0 Å². The highest BCUT2D eigenvalue weighted by Gasteiger charge is 2.34. The van der Waals surface area contributed by atoms with Crippen molar-refractivity contribution in [3.05, 3.63) is 24.4 Å². The molecule has 0 radical (unpaired) electrons. The van der Waals surface area contributed by atoms with Gasteiger partial charge in [0.1, 0.15) is 0 Å². The molecule has 1 aliphatic heterocycles. The van der Waals surface area contributed by atoms with E-state index in [9.17, 15) is 8.42 Å². The van der Waals surface area contributed by atoms with Gasteiger partial charge in [-0.3, -0.25) is 5.10 Å². The molecule has 0 saturated carbocycles. The summed E-state index contributed by atoms with van der Waals surface area (Å²) in [5, 5.41) is 8.49. The molecule has 0 spiro atoms. The van der Waals surface area contributed by atoms with Crippen molar-refractivity contribution in [3.8, 4) is 0 Å². The lowest BCUT2D eigenvalue weighted by molar-refractivity contribution is 0.382. The zero-order chi connectivity index (χ0) is 14.2. The van der Waals surface area contributed by atoms with Gasteiger partial charge in [0.15, 0.2) is 0 Å². The summed E-state index contributed by atoms with van der Waals surface area (Å²) in [6.45, 7) is 0.612. The second kappa shape index (κ2) is 5.46. The van der Waals surface area contributed by atoms with Crippen LogP contribution < -0.4 is 0 Å². The number of nitrogens with one attached hydrogen (secondary N) is 1. The average molecular weight is 358 g/mol. The Morgan fingerprint density at radius 2 is 2.30 bits per heavy atom. The average Bonchev–Trinajstić information content (AvgIpc) is 3.06. The van der Waals surface area contributed by atoms with Crippen LogP contribution in [-0.2, 0) is 10.0 Å². The molecule has 20 heavy (non-hydrogen) atoms. The predicted octanol–water partition coefficient (Wildman–Crippen LogP) is 2.50. The number of aromatic nitrogens is 2. The maximum absolute atomic E-state index is 12.8. The fourth-order valence-electron chi connectivity index (χ4n) is 2.75. The van der Waals surface area contributed by atoms with Gasteiger partial charge in [-0.2, -0.15) is 9.40 Å². The number of nitrogens with zero attached hydrogens (tertiary/aromatic N) is 2. The van der Waals surface area contributed by atoms with Crippen molar-refractivity contribution >= 4 is 36.9 Å². The van der Waals surface area contributed by atoms with E-state index in [0.717, 1.165) is 35.5 Å². The number of halogens is 1. The third-order valence-corrected chi connectivity index (χ3v) is 6.19. The molecule has 1 aliphatic rings. The third-order valence-electron chi connectivity index (χ3n) is 3.79. The van der Waals surface area contributed by atoms with Gasteiger partial charge in [0.2, 0.25) is 10.0 Å². The van der Waals surface area contributed by atoms with E-state index < -0.39 is 10.0 Å². The molecule has 1 unspecified atom stereocenters. The molecular weight excluding hydrogens is 342 g/mol. The highest BCUT2D eigenvalue weighted by molar-refractivity contribution is 9.09. The topological polar surface area (TPSA) is 66.1 Å². The van der Waals surface area contributed by atoms with E-state index in [1.165, 1.54) is 0 Å². The summed E-state index contributed by atoms with van der Waals surface area (Å²) in [5.41, 5.74) is 0.752. The van der Waals surface area contributed by atoms with Crippen molar-refractivity contribution in [2.24, 2.45) is 0 Å². The Balaban J connectivity index is 1.97. The molecule has 1 atom stereocenters. The van der Waals surface area contributed by atoms with Crippen molar-refractivity contribution < 1.29 is 8.42 Å². The number of aromatic amines is 1. The van der Waals surface area contributed by atoms with Crippen molar-refractivity contribution in [1.29, 1.82) is 0 Å². The Bertz CT molecular complexity index is 713. The molecule has 1 aromatic carbocycles. The van der Waals surface area contributed by atoms with Crippen molar-refractivity contribution in [3.63, 3.8) is 0 Å². The first-order valence-electron chi connectivity index (χ1n) is 6.64. The summed E-state index contributed by atoms with van der Waals surface area (Å²) >= 11 is 3.40.